The fourth-order valence-corrected chi connectivity index (χ4v) is 8.55. The molecule has 4 saturated carbocycles. The van der Waals surface area contributed by atoms with Crippen molar-refractivity contribution in [2.24, 2.45) is 23.2 Å². The summed E-state index contributed by atoms with van der Waals surface area (Å²) >= 11 is 6.32. The van der Waals surface area contributed by atoms with Crippen LogP contribution in [0.15, 0.2) is 54.6 Å². The SMILES string of the molecule is CC1(C)[C@@H]2C[C@H]3OB([C@H](CC4CCCCC4)NC(=O)CC(NC(=O)c4ccccc4)c4cccc(Cl)c4)O[C@@]3(C)[C@H]1C2. The third-order valence-corrected chi connectivity index (χ3v) is 11.2. The van der Waals surface area contributed by atoms with Crippen molar-refractivity contribution in [1.29, 1.82) is 0 Å². The highest BCUT2D eigenvalue weighted by Gasteiger charge is 2.68. The molecule has 1 heterocycles. The van der Waals surface area contributed by atoms with Crippen LogP contribution in [0.4, 0.5) is 0 Å². The number of nitrogens with one attached hydrogen (secondary N) is 2. The quantitative estimate of drug-likeness (QED) is 0.311. The van der Waals surface area contributed by atoms with E-state index in [0.29, 0.717) is 28.3 Å². The Labute approximate surface area is 255 Å². The van der Waals surface area contributed by atoms with Crippen LogP contribution in [0.25, 0.3) is 0 Å². The van der Waals surface area contributed by atoms with Crippen LogP contribution in [0, 0.1) is 23.2 Å². The maximum atomic E-state index is 13.8. The molecule has 5 fully saturated rings. The van der Waals surface area contributed by atoms with E-state index in [-0.39, 0.29) is 41.3 Å². The van der Waals surface area contributed by atoms with Crippen LogP contribution < -0.4 is 10.6 Å². The second-order valence-corrected chi connectivity index (χ2v) is 14.3. The van der Waals surface area contributed by atoms with Gasteiger partial charge in [-0.25, -0.2) is 0 Å². The summed E-state index contributed by atoms with van der Waals surface area (Å²) in [4.78, 5) is 26.9. The van der Waals surface area contributed by atoms with Crippen LogP contribution in [0.5, 0.6) is 0 Å². The molecule has 6 nitrogen and oxygen atoms in total. The fourth-order valence-electron chi connectivity index (χ4n) is 8.35. The molecule has 4 aliphatic carbocycles. The lowest BCUT2D eigenvalue weighted by atomic mass is 9.43. The molecule has 2 amide bonds. The highest BCUT2D eigenvalue weighted by Crippen LogP contribution is 2.65. The van der Waals surface area contributed by atoms with E-state index in [1.54, 1.807) is 18.2 Å². The van der Waals surface area contributed by atoms with Crippen LogP contribution in [0.3, 0.4) is 0 Å². The molecule has 0 radical (unpaired) electrons. The molecule has 2 aromatic rings. The maximum Gasteiger partial charge on any atom is 0.481 e. The normalized spacial score (nSPS) is 29.6. The Morgan fingerprint density at radius 3 is 2.48 bits per heavy atom. The summed E-state index contributed by atoms with van der Waals surface area (Å²) in [6.45, 7) is 6.96. The Kier molecular flexibility index (Phi) is 8.47. The zero-order valence-electron chi connectivity index (χ0n) is 25.1. The Morgan fingerprint density at radius 1 is 1.00 bits per heavy atom. The van der Waals surface area contributed by atoms with E-state index < -0.39 is 13.2 Å². The average molecular weight is 591 g/mol. The highest BCUT2D eigenvalue weighted by atomic mass is 35.5. The van der Waals surface area contributed by atoms with E-state index in [4.69, 9.17) is 20.9 Å². The van der Waals surface area contributed by atoms with Gasteiger partial charge in [0.05, 0.1) is 30.1 Å². The van der Waals surface area contributed by atoms with Gasteiger partial charge in [0.25, 0.3) is 5.91 Å². The van der Waals surface area contributed by atoms with Crippen LogP contribution in [0.2, 0.25) is 5.02 Å². The molecule has 2 bridgehead atoms. The monoisotopic (exact) mass is 590 g/mol. The van der Waals surface area contributed by atoms with E-state index in [2.05, 4.69) is 31.4 Å². The number of halogens is 1. The summed E-state index contributed by atoms with van der Waals surface area (Å²) < 4.78 is 13.5. The van der Waals surface area contributed by atoms with Gasteiger partial charge in [0.15, 0.2) is 0 Å². The summed E-state index contributed by atoms with van der Waals surface area (Å²) in [5.74, 6) is 1.07. The number of amides is 2. The summed E-state index contributed by atoms with van der Waals surface area (Å²) in [6.07, 6.45) is 9.31. The van der Waals surface area contributed by atoms with Crippen molar-refractivity contribution in [3.63, 3.8) is 0 Å². The zero-order chi connectivity index (χ0) is 29.5. The summed E-state index contributed by atoms with van der Waals surface area (Å²) in [5, 5.41) is 6.98. The maximum absolute atomic E-state index is 13.8. The average Bonchev–Trinajstić information content (AvgIpc) is 3.34. The van der Waals surface area contributed by atoms with Gasteiger partial charge in [-0.2, -0.15) is 0 Å². The second kappa shape index (κ2) is 12.0. The minimum absolute atomic E-state index is 0.0643. The lowest BCUT2D eigenvalue weighted by molar-refractivity contribution is -0.199. The molecule has 2 aromatic carbocycles. The predicted octanol–water partition coefficient (Wildman–Crippen LogP) is 6.92. The molecule has 8 heteroatoms. The fraction of sp³-hybridized carbons (Fsp3) is 0.588. The highest BCUT2D eigenvalue weighted by molar-refractivity contribution is 6.47. The predicted molar refractivity (Wildman–Crippen MR) is 166 cm³/mol. The van der Waals surface area contributed by atoms with Crippen molar-refractivity contribution in [2.75, 3.05) is 0 Å². The molecule has 1 saturated heterocycles. The van der Waals surface area contributed by atoms with Crippen molar-refractivity contribution in [1.82, 2.24) is 10.6 Å². The molecule has 1 unspecified atom stereocenters. The van der Waals surface area contributed by atoms with Gasteiger partial charge < -0.3 is 19.9 Å². The Bertz CT molecular complexity index is 1290. The van der Waals surface area contributed by atoms with Crippen LogP contribution >= 0.6 is 11.6 Å². The van der Waals surface area contributed by atoms with Crippen LogP contribution in [-0.4, -0.2) is 36.6 Å². The van der Waals surface area contributed by atoms with E-state index >= 15 is 0 Å². The van der Waals surface area contributed by atoms with Crippen LogP contribution in [0.1, 0.15) is 101 Å². The molecule has 0 aromatic heterocycles. The van der Waals surface area contributed by atoms with Crippen molar-refractivity contribution in [3.8, 4) is 0 Å². The topological polar surface area (TPSA) is 76.7 Å². The largest absolute Gasteiger partial charge is 0.481 e. The van der Waals surface area contributed by atoms with E-state index in [1.165, 1.54) is 38.5 Å². The van der Waals surface area contributed by atoms with Crippen molar-refractivity contribution < 1.29 is 18.9 Å². The van der Waals surface area contributed by atoms with Crippen molar-refractivity contribution >= 4 is 30.5 Å². The van der Waals surface area contributed by atoms with Gasteiger partial charge in [-0.05, 0) is 79.2 Å². The molecule has 224 valence electrons. The number of hydrogen-bond acceptors (Lipinski definition) is 4. The van der Waals surface area contributed by atoms with Gasteiger partial charge in [-0.15, -0.1) is 0 Å². The standard InChI is InChI=1S/C34H44BClN2O4/c1-33(2)25-19-28(33)34(3)29(20-25)41-35(42-34)30(17-22-11-6-4-7-12-22)38-31(39)21-27(24-15-10-16-26(36)18-24)37-32(40)23-13-8-5-9-14-23/h5,8-10,13-16,18,22,25,27-30H,4,6-7,11-12,17,19-21H2,1-3H3,(H,37,40)(H,38,39)/t25-,27?,28-,29+,30-,34-/m0/s1. The number of benzene rings is 2. The van der Waals surface area contributed by atoms with E-state index in [1.807, 2.05) is 36.4 Å². The molecule has 5 aliphatic rings. The van der Waals surface area contributed by atoms with E-state index in [9.17, 15) is 9.59 Å². The minimum atomic E-state index is -0.537. The second-order valence-electron chi connectivity index (χ2n) is 13.9. The third-order valence-electron chi connectivity index (χ3n) is 10.9. The molecule has 7 rings (SSSR count). The number of hydrogen-bond donors (Lipinski definition) is 2. The first kappa shape index (κ1) is 29.7. The molecule has 2 N–H and O–H groups in total. The molecule has 6 atom stereocenters. The number of carbonyl (C=O) groups excluding carboxylic acids is 2. The van der Waals surface area contributed by atoms with Gasteiger partial charge in [0, 0.05) is 10.6 Å². The van der Waals surface area contributed by atoms with Gasteiger partial charge in [-0.1, -0.05) is 87.9 Å². The summed E-state index contributed by atoms with van der Waals surface area (Å²) in [7, 11) is -0.468. The van der Waals surface area contributed by atoms with Gasteiger partial charge in [0.1, 0.15) is 0 Å². The smallest absolute Gasteiger partial charge is 0.404 e. The molecular weight excluding hydrogens is 547 g/mol. The number of rotatable bonds is 9. The van der Waals surface area contributed by atoms with Gasteiger partial charge >= 0.3 is 7.12 Å². The minimum Gasteiger partial charge on any atom is -0.404 e. The third kappa shape index (κ3) is 5.89. The first-order chi connectivity index (χ1) is 20.1. The Balaban J connectivity index is 1.19. The Morgan fingerprint density at radius 2 is 1.76 bits per heavy atom. The summed E-state index contributed by atoms with van der Waals surface area (Å²) in [5.41, 5.74) is 1.27. The van der Waals surface area contributed by atoms with E-state index in [0.717, 1.165) is 18.4 Å². The van der Waals surface area contributed by atoms with Gasteiger partial charge in [-0.3, -0.25) is 9.59 Å². The first-order valence-corrected chi connectivity index (χ1v) is 16.3. The van der Waals surface area contributed by atoms with Crippen molar-refractivity contribution in [2.45, 2.75) is 102 Å². The molecule has 0 spiro atoms. The Hall–Kier alpha value is -2.35. The summed E-state index contributed by atoms with van der Waals surface area (Å²) in [6, 6.07) is 15.9. The number of carbonyl (C=O) groups is 2. The zero-order valence-corrected chi connectivity index (χ0v) is 25.9. The van der Waals surface area contributed by atoms with Crippen molar-refractivity contribution in [3.05, 3.63) is 70.7 Å². The van der Waals surface area contributed by atoms with Crippen LogP contribution in [-0.2, 0) is 14.1 Å². The lowest BCUT2D eigenvalue weighted by Gasteiger charge is -2.64. The molecule has 42 heavy (non-hydrogen) atoms. The molecular formula is C34H44BClN2O4. The molecule has 1 aliphatic heterocycles. The van der Waals surface area contributed by atoms with Gasteiger partial charge in [0.2, 0.25) is 5.91 Å². The first-order valence-electron chi connectivity index (χ1n) is 15.9. The lowest BCUT2D eigenvalue weighted by Crippen LogP contribution is -2.65.